The minimum atomic E-state index is -0.464. The summed E-state index contributed by atoms with van der Waals surface area (Å²) in [5, 5.41) is 14.7. The molecule has 3 aromatic rings. The molecule has 1 aliphatic rings. The van der Waals surface area contributed by atoms with Gasteiger partial charge in [-0.15, -0.1) is 11.3 Å². The summed E-state index contributed by atoms with van der Waals surface area (Å²) in [5.41, 5.74) is 5.25. The first-order chi connectivity index (χ1) is 14.5. The number of nitro groups is 1. The predicted molar refractivity (Wildman–Crippen MR) is 120 cm³/mol. The number of benzene rings is 1. The molecular weight excluding hydrogens is 398 g/mol. The Bertz CT molecular complexity index is 1140. The lowest BCUT2D eigenvalue weighted by Gasteiger charge is -2.14. The third-order valence-corrected chi connectivity index (χ3v) is 6.74. The SMILES string of the molecule is Cc1cc(/C=C/[N+](=O)[O-])c(C)n1-c1sc2c(c1C(=O)Nc1ccccc1)CCCC2. The van der Waals surface area contributed by atoms with Crippen LogP contribution in [-0.2, 0) is 12.8 Å². The van der Waals surface area contributed by atoms with Crippen molar-refractivity contribution in [3.8, 4) is 5.00 Å². The highest BCUT2D eigenvalue weighted by Crippen LogP contribution is 2.39. The van der Waals surface area contributed by atoms with Gasteiger partial charge in [-0.25, -0.2) is 0 Å². The maximum absolute atomic E-state index is 13.4. The first kappa shape index (κ1) is 20.1. The molecule has 0 saturated carbocycles. The van der Waals surface area contributed by atoms with Gasteiger partial charge in [-0.05, 0) is 63.3 Å². The first-order valence-electron chi connectivity index (χ1n) is 9.97. The van der Waals surface area contributed by atoms with E-state index in [0.717, 1.165) is 70.6 Å². The smallest absolute Gasteiger partial charge is 0.258 e. The van der Waals surface area contributed by atoms with E-state index >= 15 is 0 Å². The number of carbonyl (C=O) groups is 1. The maximum atomic E-state index is 13.4. The molecule has 6 nitrogen and oxygen atoms in total. The number of aromatic nitrogens is 1. The van der Waals surface area contributed by atoms with Gasteiger partial charge in [0.1, 0.15) is 5.00 Å². The summed E-state index contributed by atoms with van der Waals surface area (Å²) in [5.74, 6) is -0.106. The Hall–Kier alpha value is -3.19. The van der Waals surface area contributed by atoms with Crippen molar-refractivity contribution in [3.63, 3.8) is 0 Å². The largest absolute Gasteiger partial charge is 0.322 e. The number of carbonyl (C=O) groups excluding carboxylic acids is 1. The third kappa shape index (κ3) is 3.80. The van der Waals surface area contributed by atoms with Crippen molar-refractivity contribution in [1.82, 2.24) is 4.57 Å². The number of aryl methyl sites for hydroxylation is 2. The molecule has 0 radical (unpaired) electrons. The number of hydrogen-bond acceptors (Lipinski definition) is 4. The van der Waals surface area contributed by atoms with E-state index in [2.05, 4.69) is 9.88 Å². The van der Waals surface area contributed by atoms with E-state index in [0.29, 0.717) is 0 Å². The molecule has 7 heteroatoms. The van der Waals surface area contributed by atoms with Crippen molar-refractivity contribution in [2.45, 2.75) is 39.5 Å². The average molecular weight is 422 g/mol. The fourth-order valence-corrected chi connectivity index (χ4v) is 5.57. The number of para-hydroxylation sites is 1. The Labute approximate surface area is 179 Å². The van der Waals surface area contributed by atoms with Crippen molar-refractivity contribution < 1.29 is 9.72 Å². The average Bonchev–Trinajstić information content (AvgIpc) is 3.23. The Balaban J connectivity index is 1.82. The van der Waals surface area contributed by atoms with Gasteiger partial charge in [0.15, 0.2) is 0 Å². The zero-order valence-electron chi connectivity index (χ0n) is 17.0. The Morgan fingerprint density at radius 3 is 2.67 bits per heavy atom. The van der Waals surface area contributed by atoms with Crippen molar-refractivity contribution in [2.24, 2.45) is 0 Å². The summed E-state index contributed by atoms with van der Waals surface area (Å²) in [6.07, 6.45) is 6.56. The van der Waals surface area contributed by atoms with Crippen LogP contribution in [0.1, 0.15) is 50.6 Å². The Morgan fingerprint density at radius 2 is 1.93 bits per heavy atom. The molecule has 0 saturated heterocycles. The molecule has 4 rings (SSSR count). The molecule has 2 heterocycles. The summed E-state index contributed by atoms with van der Waals surface area (Å²) < 4.78 is 2.06. The molecule has 1 N–H and O–H groups in total. The molecule has 0 aliphatic heterocycles. The molecule has 1 amide bonds. The van der Waals surface area contributed by atoms with E-state index in [1.54, 1.807) is 11.3 Å². The van der Waals surface area contributed by atoms with Crippen LogP contribution >= 0.6 is 11.3 Å². The second kappa shape index (κ2) is 8.28. The molecular formula is C23H23N3O3S. The molecule has 154 valence electrons. The normalized spacial score (nSPS) is 13.4. The number of rotatable bonds is 5. The lowest BCUT2D eigenvalue weighted by Crippen LogP contribution is -2.17. The van der Waals surface area contributed by atoms with Gasteiger partial charge >= 0.3 is 0 Å². The zero-order valence-corrected chi connectivity index (χ0v) is 17.8. The van der Waals surface area contributed by atoms with E-state index in [1.165, 1.54) is 11.0 Å². The van der Waals surface area contributed by atoms with Crippen molar-refractivity contribution >= 4 is 29.0 Å². The lowest BCUT2D eigenvalue weighted by atomic mass is 9.95. The minimum absolute atomic E-state index is 0.106. The fraction of sp³-hybridized carbons (Fsp3) is 0.261. The highest BCUT2D eigenvalue weighted by atomic mass is 32.1. The van der Waals surface area contributed by atoms with Gasteiger partial charge in [0.05, 0.1) is 10.5 Å². The number of nitrogens with zero attached hydrogens (tertiary/aromatic N) is 2. The molecule has 1 aliphatic carbocycles. The molecule has 0 spiro atoms. The second-order valence-electron chi connectivity index (χ2n) is 7.47. The number of hydrogen-bond donors (Lipinski definition) is 1. The quantitative estimate of drug-likeness (QED) is 0.434. The van der Waals surface area contributed by atoms with Crippen LogP contribution in [0.25, 0.3) is 11.1 Å². The van der Waals surface area contributed by atoms with Gasteiger partial charge in [0.25, 0.3) is 5.91 Å². The summed E-state index contributed by atoms with van der Waals surface area (Å²) in [4.78, 5) is 24.9. The van der Waals surface area contributed by atoms with Crippen LogP contribution in [0.15, 0.2) is 42.6 Å². The van der Waals surface area contributed by atoms with Crippen LogP contribution < -0.4 is 5.32 Å². The highest BCUT2D eigenvalue weighted by Gasteiger charge is 2.28. The van der Waals surface area contributed by atoms with Crippen LogP contribution in [0, 0.1) is 24.0 Å². The molecule has 2 aromatic heterocycles. The number of amides is 1. The maximum Gasteiger partial charge on any atom is 0.258 e. The lowest BCUT2D eigenvalue weighted by molar-refractivity contribution is -0.400. The second-order valence-corrected chi connectivity index (χ2v) is 8.56. The van der Waals surface area contributed by atoms with Crippen LogP contribution in [0.4, 0.5) is 5.69 Å². The molecule has 0 bridgehead atoms. The van der Waals surface area contributed by atoms with Gasteiger partial charge in [-0.2, -0.15) is 0 Å². The van der Waals surface area contributed by atoms with Gasteiger partial charge in [0.2, 0.25) is 6.20 Å². The number of anilines is 1. The predicted octanol–water partition coefficient (Wildman–Crippen LogP) is 5.53. The number of nitrogens with one attached hydrogen (secondary N) is 1. The van der Waals surface area contributed by atoms with Gasteiger partial charge < -0.3 is 9.88 Å². The molecule has 0 fully saturated rings. The first-order valence-corrected chi connectivity index (χ1v) is 10.8. The minimum Gasteiger partial charge on any atom is -0.322 e. The fourth-order valence-electron chi connectivity index (χ4n) is 4.07. The van der Waals surface area contributed by atoms with E-state index in [-0.39, 0.29) is 5.91 Å². The Morgan fingerprint density at radius 1 is 1.20 bits per heavy atom. The topological polar surface area (TPSA) is 77.2 Å². The van der Waals surface area contributed by atoms with Crippen LogP contribution in [0.5, 0.6) is 0 Å². The number of fused-ring (bicyclic) bond motifs is 1. The standard InChI is InChI=1S/C23H23N3O3S/c1-15-14-17(12-13-25(28)29)16(2)26(15)23-21(19-10-6-7-11-20(19)30-23)22(27)24-18-8-4-3-5-9-18/h3-5,8-9,12-14H,6-7,10-11H2,1-2H3,(H,24,27)/b13-12+. The molecule has 0 atom stereocenters. The van der Waals surface area contributed by atoms with Crippen LogP contribution in [0.3, 0.4) is 0 Å². The van der Waals surface area contributed by atoms with Crippen LogP contribution in [0.2, 0.25) is 0 Å². The molecule has 1 aromatic carbocycles. The van der Waals surface area contributed by atoms with Gasteiger partial charge in [-0.1, -0.05) is 18.2 Å². The van der Waals surface area contributed by atoms with Crippen molar-refractivity contribution in [2.75, 3.05) is 5.32 Å². The third-order valence-electron chi connectivity index (χ3n) is 5.46. The van der Waals surface area contributed by atoms with E-state index in [1.807, 2.05) is 50.2 Å². The zero-order chi connectivity index (χ0) is 21.3. The molecule has 0 unspecified atom stereocenters. The van der Waals surface area contributed by atoms with Crippen molar-refractivity contribution in [3.05, 3.63) is 85.7 Å². The number of thiophene rings is 1. The van der Waals surface area contributed by atoms with Crippen molar-refractivity contribution in [1.29, 1.82) is 0 Å². The van der Waals surface area contributed by atoms with Gasteiger partial charge in [0, 0.05) is 33.6 Å². The monoisotopic (exact) mass is 421 g/mol. The van der Waals surface area contributed by atoms with E-state index in [4.69, 9.17) is 0 Å². The van der Waals surface area contributed by atoms with E-state index < -0.39 is 4.92 Å². The van der Waals surface area contributed by atoms with Crippen LogP contribution in [-0.4, -0.2) is 15.4 Å². The Kier molecular flexibility index (Phi) is 5.55. The summed E-state index contributed by atoms with van der Waals surface area (Å²) in [7, 11) is 0. The highest BCUT2D eigenvalue weighted by molar-refractivity contribution is 7.15. The molecule has 30 heavy (non-hydrogen) atoms. The van der Waals surface area contributed by atoms with E-state index in [9.17, 15) is 14.9 Å². The summed E-state index contributed by atoms with van der Waals surface area (Å²) in [6.45, 7) is 3.90. The summed E-state index contributed by atoms with van der Waals surface area (Å²) >= 11 is 1.66. The summed E-state index contributed by atoms with van der Waals surface area (Å²) in [6, 6.07) is 11.4. The van der Waals surface area contributed by atoms with Gasteiger partial charge in [-0.3, -0.25) is 14.9 Å².